The smallest absolute Gasteiger partial charge is 0.180 e. The second-order valence-electron chi connectivity index (χ2n) is 4.60. The molecule has 0 bridgehead atoms. The first-order chi connectivity index (χ1) is 8.17. The highest BCUT2D eigenvalue weighted by Crippen LogP contribution is 2.33. The number of fused-ring (bicyclic) bond motifs is 1. The third-order valence-corrected chi connectivity index (χ3v) is 5.20. The van der Waals surface area contributed by atoms with Gasteiger partial charge < -0.3 is 10.1 Å². The van der Waals surface area contributed by atoms with E-state index in [2.05, 4.69) is 5.32 Å². The van der Waals surface area contributed by atoms with Crippen molar-refractivity contribution in [1.29, 1.82) is 0 Å². The van der Waals surface area contributed by atoms with E-state index in [1.54, 1.807) is 12.1 Å². The third-order valence-electron chi connectivity index (χ3n) is 3.38. The van der Waals surface area contributed by atoms with Gasteiger partial charge in [0, 0.05) is 18.7 Å². The van der Waals surface area contributed by atoms with Crippen molar-refractivity contribution < 1.29 is 13.2 Å². The number of benzene rings is 1. The molecule has 17 heavy (non-hydrogen) atoms. The second kappa shape index (κ2) is 4.08. The molecule has 2 aliphatic rings. The fraction of sp³-hybridized carbons (Fsp3) is 0.500. The molecule has 0 aromatic heterocycles. The van der Waals surface area contributed by atoms with Crippen molar-refractivity contribution in [2.45, 2.75) is 23.4 Å². The number of ether oxygens (including phenoxy) is 1. The summed E-state index contributed by atoms with van der Waals surface area (Å²) in [6.45, 7) is 1.44. The summed E-state index contributed by atoms with van der Waals surface area (Å²) in [5.74, 6) is 0.169. The minimum atomic E-state index is -3.10. The van der Waals surface area contributed by atoms with Crippen LogP contribution in [-0.2, 0) is 14.6 Å². The van der Waals surface area contributed by atoms with Crippen LogP contribution in [0.15, 0.2) is 29.2 Å². The van der Waals surface area contributed by atoms with Crippen LogP contribution in [0.3, 0.4) is 0 Å². The minimum absolute atomic E-state index is 0.0806. The molecule has 0 radical (unpaired) electrons. The lowest BCUT2D eigenvalue weighted by Crippen LogP contribution is -2.34. The predicted octanol–water partition coefficient (Wildman–Crippen LogP) is 0.893. The van der Waals surface area contributed by atoms with E-state index < -0.39 is 9.84 Å². The summed E-state index contributed by atoms with van der Waals surface area (Å²) in [7, 11) is -3.10. The van der Waals surface area contributed by atoms with Gasteiger partial charge in [0.1, 0.15) is 0 Å². The summed E-state index contributed by atoms with van der Waals surface area (Å²) in [5, 5.41) is 3.39. The van der Waals surface area contributed by atoms with Crippen molar-refractivity contribution in [3.05, 3.63) is 29.8 Å². The standard InChI is InChI=1S/C12H15NO3S/c14-17(15)8-11(13-9-5-6-16-7-9)10-3-1-2-4-12(10)17/h1-4,9,11,13H,5-8H2. The largest absolute Gasteiger partial charge is 0.380 e. The van der Waals surface area contributed by atoms with E-state index in [-0.39, 0.29) is 17.8 Å². The van der Waals surface area contributed by atoms with Gasteiger partial charge >= 0.3 is 0 Å². The first kappa shape index (κ1) is 11.2. The van der Waals surface area contributed by atoms with Crippen molar-refractivity contribution >= 4 is 9.84 Å². The maximum atomic E-state index is 12.0. The first-order valence-electron chi connectivity index (χ1n) is 5.82. The molecule has 92 valence electrons. The lowest BCUT2D eigenvalue weighted by atomic mass is 10.1. The maximum absolute atomic E-state index is 12.0. The van der Waals surface area contributed by atoms with Gasteiger partial charge in [-0.3, -0.25) is 0 Å². The first-order valence-corrected chi connectivity index (χ1v) is 7.47. The molecule has 1 aromatic carbocycles. The summed E-state index contributed by atoms with van der Waals surface area (Å²) >= 11 is 0. The highest BCUT2D eigenvalue weighted by molar-refractivity contribution is 7.91. The van der Waals surface area contributed by atoms with Crippen molar-refractivity contribution in [2.24, 2.45) is 0 Å². The van der Waals surface area contributed by atoms with Crippen LogP contribution in [0.2, 0.25) is 0 Å². The van der Waals surface area contributed by atoms with E-state index in [0.29, 0.717) is 11.5 Å². The highest BCUT2D eigenvalue weighted by Gasteiger charge is 2.35. The second-order valence-corrected chi connectivity index (χ2v) is 6.60. The molecule has 1 fully saturated rings. The van der Waals surface area contributed by atoms with Gasteiger partial charge in [-0.2, -0.15) is 0 Å². The number of sulfone groups is 1. The van der Waals surface area contributed by atoms with Crippen LogP contribution in [0.1, 0.15) is 18.0 Å². The third kappa shape index (κ3) is 1.99. The molecule has 0 aliphatic carbocycles. The van der Waals surface area contributed by atoms with Crippen molar-refractivity contribution in [1.82, 2.24) is 5.32 Å². The molecule has 0 spiro atoms. The molecule has 2 atom stereocenters. The SMILES string of the molecule is O=S1(=O)CC(NC2CCOC2)c2ccccc21. The molecule has 2 aliphatic heterocycles. The molecule has 1 N–H and O–H groups in total. The van der Waals surface area contributed by atoms with Crippen molar-refractivity contribution in [3.63, 3.8) is 0 Å². The van der Waals surface area contributed by atoms with E-state index >= 15 is 0 Å². The molecule has 2 heterocycles. The number of rotatable bonds is 2. The number of nitrogens with one attached hydrogen (secondary N) is 1. The van der Waals surface area contributed by atoms with Crippen LogP contribution < -0.4 is 5.32 Å². The number of hydrogen-bond acceptors (Lipinski definition) is 4. The van der Waals surface area contributed by atoms with Crippen LogP contribution >= 0.6 is 0 Å². The Morgan fingerprint density at radius 2 is 2.12 bits per heavy atom. The molecule has 5 heteroatoms. The average Bonchev–Trinajstić information content (AvgIpc) is 2.88. The zero-order chi connectivity index (χ0) is 11.9. The molecular formula is C12H15NO3S. The average molecular weight is 253 g/mol. The van der Waals surface area contributed by atoms with Gasteiger partial charge in [-0.25, -0.2) is 8.42 Å². The molecule has 1 saturated heterocycles. The monoisotopic (exact) mass is 253 g/mol. The van der Waals surface area contributed by atoms with E-state index in [0.717, 1.165) is 18.6 Å². The van der Waals surface area contributed by atoms with Crippen LogP contribution in [0.5, 0.6) is 0 Å². The van der Waals surface area contributed by atoms with Gasteiger partial charge in [-0.05, 0) is 18.1 Å². The lowest BCUT2D eigenvalue weighted by Gasteiger charge is -2.17. The Balaban J connectivity index is 1.88. The molecule has 0 amide bonds. The summed E-state index contributed by atoms with van der Waals surface area (Å²) in [6.07, 6.45) is 0.957. The van der Waals surface area contributed by atoms with Gasteiger partial charge in [0.05, 0.1) is 17.3 Å². The zero-order valence-corrected chi connectivity index (χ0v) is 10.2. The summed E-state index contributed by atoms with van der Waals surface area (Å²) in [4.78, 5) is 0.483. The highest BCUT2D eigenvalue weighted by atomic mass is 32.2. The summed E-state index contributed by atoms with van der Waals surface area (Å²) in [6, 6.07) is 7.45. The topological polar surface area (TPSA) is 55.4 Å². The van der Waals surface area contributed by atoms with Crippen LogP contribution in [-0.4, -0.2) is 33.4 Å². The summed E-state index contributed by atoms with van der Waals surface area (Å²) < 4.78 is 29.2. The van der Waals surface area contributed by atoms with Gasteiger partial charge in [0.25, 0.3) is 0 Å². The predicted molar refractivity (Wildman–Crippen MR) is 63.6 cm³/mol. The Labute approximate surface area is 101 Å². The molecule has 0 saturated carbocycles. The van der Waals surface area contributed by atoms with Gasteiger partial charge in [0.2, 0.25) is 0 Å². The quantitative estimate of drug-likeness (QED) is 0.850. The minimum Gasteiger partial charge on any atom is -0.380 e. The maximum Gasteiger partial charge on any atom is 0.180 e. The Morgan fingerprint density at radius 3 is 2.88 bits per heavy atom. The van der Waals surface area contributed by atoms with E-state index in [1.807, 2.05) is 12.1 Å². The molecule has 1 aromatic rings. The molecule has 3 rings (SSSR count). The fourth-order valence-corrected chi connectivity index (χ4v) is 4.29. The van der Waals surface area contributed by atoms with E-state index in [4.69, 9.17) is 4.74 Å². The Bertz CT molecular complexity index is 520. The number of hydrogen-bond donors (Lipinski definition) is 1. The van der Waals surface area contributed by atoms with Crippen molar-refractivity contribution in [3.8, 4) is 0 Å². The molecular weight excluding hydrogens is 238 g/mol. The van der Waals surface area contributed by atoms with Crippen LogP contribution in [0, 0.1) is 0 Å². The Morgan fingerprint density at radius 1 is 1.29 bits per heavy atom. The Kier molecular flexibility index (Phi) is 2.69. The Hall–Kier alpha value is -0.910. The summed E-state index contributed by atoms with van der Waals surface area (Å²) in [5.41, 5.74) is 0.902. The fourth-order valence-electron chi connectivity index (χ4n) is 2.54. The van der Waals surface area contributed by atoms with Crippen LogP contribution in [0.4, 0.5) is 0 Å². The van der Waals surface area contributed by atoms with E-state index in [9.17, 15) is 8.42 Å². The lowest BCUT2D eigenvalue weighted by molar-refractivity contribution is 0.188. The zero-order valence-electron chi connectivity index (χ0n) is 9.43. The molecule has 2 unspecified atom stereocenters. The van der Waals surface area contributed by atoms with Gasteiger partial charge in [-0.1, -0.05) is 18.2 Å². The van der Waals surface area contributed by atoms with Crippen LogP contribution in [0.25, 0.3) is 0 Å². The van der Waals surface area contributed by atoms with E-state index in [1.165, 1.54) is 0 Å². The van der Waals surface area contributed by atoms with Crippen molar-refractivity contribution in [2.75, 3.05) is 19.0 Å². The van der Waals surface area contributed by atoms with Gasteiger partial charge in [-0.15, -0.1) is 0 Å². The molecule has 4 nitrogen and oxygen atoms in total. The van der Waals surface area contributed by atoms with Gasteiger partial charge in [0.15, 0.2) is 9.84 Å². The normalized spacial score (nSPS) is 30.4.